The minimum atomic E-state index is -0.414. The van der Waals surface area contributed by atoms with Gasteiger partial charge in [0.15, 0.2) is 4.80 Å². The van der Waals surface area contributed by atoms with Gasteiger partial charge in [0.25, 0.3) is 5.69 Å². The summed E-state index contributed by atoms with van der Waals surface area (Å²) in [5.74, 6) is -0.150. The van der Waals surface area contributed by atoms with Gasteiger partial charge in [-0.2, -0.15) is 4.99 Å². The number of rotatable bonds is 5. The Labute approximate surface area is 125 Å². The third kappa shape index (κ3) is 3.36. The van der Waals surface area contributed by atoms with Crippen molar-refractivity contribution in [2.24, 2.45) is 4.99 Å². The number of thiazole rings is 1. The number of nitrogens with zero attached hydrogens (tertiary/aromatic N) is 3. The van der Waals surface area contributed by atoms with Crippen molar-refractivity contribution in [1.82, 2.24) is 4.57 Å². The third-order valence-corrected chi connectivity index (χ3v) is 4.05. The van der Waals surface area contributed by atoms with E-state index in [1.165, 1.54) is 23.5 Å². The number of carbonyl (C=O) groups is 1. The molecular formula is C14H17N3O3S. The number of non-ortho nitro benzene ring substituents is 1. The van der Waals surface area contributed by atoms with Gasteiger partial charge in [0.2, 0.25) is 5.91 Å². The zero-order valence-electron chi connectivity index (χ0n) is 12.0. The summed E-state index contributed by atoms with van der Waals surface area (Å²) in [6.07, 6.45) is 2.07. The Bertz CT molecular complexity index is 745. The number of benzene rings is 1. The second-order valence-electron chi connectivity index (χ2n) is 4.70. The van der Waals surface area contributed by atoms with Crippen molar-refractivity contribution in [3.05, 3.63) is 33.1 Å². The van der Waals surface area contributed by atoms with Crippen LogP contribution in [0.1, 0.15) is 33.1 Å². The molecule has 0 aliphatic rings. The summed E-state index contributed by atoms with van der Waals surface area (Å²) in [6, 6.07) is 4.75. The van der Waals surface area contributed by atoms with Gasteiger partial charge in [-0.1, -0.05) is 25.2 Å². The molecule has 0 fully saturated rings. The number of aromatic nitrogens is 1. The smallest absolute Gasteiger partial charge is 0.270 e. The second kappa shape index (κ2) is 6.62. The van der Waals surface area contributed by atoms with Crippen LogP contribution >= 0.6 is 11.3 Å². The minimum absolute atomic E-state index is 0.0545. The summed E-state index contributed by atoms with van der Waals surface area (Å²) in [5, 5.41) is 10.9. The predicted molar refractivity (Wildman–Crippen MR) is 82.2 cm³/mol. The number of nitro benzene ring substituents is 1. The van der Waals surface area contributed by atoms with Crippen molar-refractivity contribution in [3.8, 4) is 0 Å². The number of hydrogen-bond donors (Lipinski definition) is 0. The molecule has 2 rings (SSSR count). The van der Waals surface area contributed by atoms with Crippen molar-refractivity contribution in [3.63, 3.8) is 0 Å². The van der Waals surface area contributed by atoms with Crippen LogP contribution in [-0.4, -0.2) is 15.4 Å². The lowest BCUT2D eigenvalue weighted by atomic mass is 10.3. The van der Waals surface area contributed by atoms with Gasteiger partial charge in [-0.3, -0.25) is 14.9 Å². The zero-order chi connectivity index (χ0) is 15.4. The number of aryl methyl sites for hydroxylation is 1. The standard InChI is InChI=1S/C14H17N3O3S/c1-3-5-13(18)15-14-16(8-4-2)11-7-6-10(17(19)20)9-12(11)21-14/h6-7,9H,3-5,8H2,1-2H3. The largest absolute Gasteiger partial charge is 0.316 e. The van der Waals surface area contributed by atoms with E-state index < -0.39 is 4.92 Å². The van der Waals surface area contributed by atoms with Crippen LogP contribution in [0.25, 0.3) is 10.2 Å². The fourth-order valence-electron chi connectivity index (χ4n) is 2.08. The maximum absolute atomic E-state index is 11.7. The van der Waals surface area contributed by atoms with Crippen molar-refractivity contribution in [2.75, 3.05) is 0 Å². The van der Waals surface area contributed by atoms with Crippen LogP contribution in [0.3, 0.4) is 0 Å². The molecule has 0 saturated heterocycles. The molecule has 1 aromatic heterocycles. The van der Waals surface area contributed by atoms with E-state index in [1.807, 2.05) is 18.4 Å². The summed E-state index contributed by atoms with van der Waals surface area (Å²) in [5.41, 5.74) is 0.939. The zero-order valence-corrected chi connectivity index (χ0v) is 12.9. The Kier molecular flexibility index (Phi) is 4.85. The minimum Gasteiger partial charge on any atom is -0.316 e. The van der Waals surface area contributed by atoms with Gasteiger partial charge in [-0.05, 0) is 18.9 Å². The lowest BCUT2D eigenvalue weighted by Gasteiger charge is -2.02. The first-order valence-electron chi connectivity index (χ1n) is 6.92. The fourth-order valence-corrected chi connectivity index (χ4v) is 3.18. The van der Waals surface area contributed by atoms with Crippen molar-refractivity contribution >= 4 is 33.1 Å². The Morgan fingerprint density at radius 3 is 2.76 bits per heavy atom. The maximum Gasteiger partial charge on any atom is 0.270 e. The molecule has 1 amide bonds. The quantitative estimate of drug-likeness (QED) is 0.628. The first-order valence-corrected chi connectivity index (χ1v) is 7.73. The van der Waals surface area contributed by atoms with Gasteiger partial charge >= 0.3 is 0 Å². The molecule has 0 bridgehead atoms. The van der Waals surface area contributed by atoms with Gasteiger partial charge in [0.05, 0.1) is 15.1 Å². The molecule has 0 N–H and O–H groups in total. The van der Waals surface area contributed by atoms with Crippen molar-refractivity contribution < 1.29 is 9.72 Å². The van der Waals surface area contributed by atoms with Crippen LogP contribution in [0.15, 0.2) is 23.2 Å². The molecule has 0 atom stereocenters. The highest BCUT2D eigenvalue weighted by molar-refractivity contribution is 7.16. The number of fused-ring (bicyclic) bond motifs is 1. The monoisotopic (exact) mass is 307 g/mol. The molecule has 0 aliphatic heterocycles. The summed E-state index contributed by atoms with van der Waals surface area (Å²) >= 11 is 1.32. The van der Waals surface area contributed by atoms with E-state index in [9.17, 15) is 14.9 Å². The molecule has 21 heavy (non-hydrogen) atoms. The van der Waals surface area contributed by atoms with E-state index in [2.05, 4.69) is 4.99 Å². The van der Waals surface area contributed by atoms with Crippen molar-refractivity contribution in [2.45, 2.75) is 39.7 Å². The Balaban J connectivity index is 2.61. The molecule has 0 spiro atoms. The highest BCUT2D eigenvalue weighted by Crippen LogP contribution is 2.23. The highest BCUT2D eigenvalue weighted by Gasteiger charge is 2.12. The Morgan fingerprint density at radius 1 is 1.38 bits per heavy atom. The molecule has 6 nitrogen and oxygen atoms in total. The number of nitro groups is 1. The van der Waals surface area contributed by atoms with Gasteiger partial charge in [0.1, 0.15) is 0 Å². The van der Waals surface area contributed by atoms with E-state index in [4.69, 9.17) is 0 Å². The van der Waals surface area contributed by atoms with E-state index in [-0.39, 0.29) is 11.6 Å². The van der Waals surface area contributed by atoms with Gasteiger partial charge in [-0.15, -0.1) is 0 Å². The topological polar surface area (TPSA) is 77.5 Å². The van der Waals surface area contributed by atoms with E-state index in [0.717, 1.165) is 29.6 Å². The molecule has 0 aliphatic carbocycles. The average molecular weight is 307 g/mol. The number of amides is 1. The highest BCUT2D eigenvalue weighted by atomic mass is 32.1. The summed E-state index contributed by atoms with van der Waals surface area (Å²) in [6.45, 7) is 4.71. The lowest BCUT2D eigenvalue weighted by molar-refractivity contribution is -0.384. The normalized spacial score (nSPS) is 12.0. The second-order valence-corrected chi connectivity index (χ2v) is 5.71. The van der Waals surface area contributed by atoms with Crippen LogP contribution < -0.4 is 4.80 Å². The first kappa shape index (κ1) is 15.4. The van der Waals surface area contributed by atoms with Crippen LogP contribution in [0, 0.1) is 10.1 Å². The molecule has 0 radical (unpaired) electrons. The summed E-state index contributed by atoms with van der Waals surface area (Å²) < 4.78 is 2.73. The molecule has 0 saturated carbocycles. The summed E-state index contributed by atoms with van der Waals surface area (Å²) in [7, 11) is 0. The van der Waals surface area contributed by atoms with Gasteiger partial charge in [0, 0.05) is 25.1 Å². The molecule has 1 aromatic carbocycles. The predicted octanol–water partition coefficient (Wildman–Crippen LogP) is 3.25. The Hall–Kier alpha value is -2.02. The number of hydrogen-bond acceptors (Lipinski definition) is 4. The summed E-state index contributed by atoms with van der Waals surface area (Å²) in [4.78, 5) is 26.9. The first-order chi connectivity index (χ1) is 10.1. The van der Waals surface area contributed by atoms with Crippen LogP contribution in [0.5, 0.6) is 0 Å². The third-order valence-electron chi connectivity index (χ3n) is 3.01. The van der Waals surface area contributed by atoms with Gasteiger partial charge in [-0.25, -0.2) is 0 Å². The molecular weight excluding hydrogens is 290 g/mol. The molecule has 0 unspecified atom stereocenters. The molecule has 7 heteroatoms. The van der Waals surface area contributed by atoms with Crippen LogP contribution in [0.2, 0.25) is 0 Å². The van der Waals surface area contributed by atoms with Crippen LogP contribution in [0.4, 0.5) is 5.69 Å². The van der Waals surface area contributed by atoms with Gasteiger partial charge < -0.3 is 4.57 Å². The van der Waals surface area contributed by atoms with E-state index in [0.29, 0.717) is 11.2 Å². The average Bonchev–Trinajstić information content (AvgIpc) is 2.76. The van der Waals surface area contributed by atoms with Crippen molar-refractivity contribution in [1.29, 1.82) is 0 Å². The molecule has 2 aromatic rings. The number of carbonyl (C=O) groups excluding carboxylic acids is 1. The molecule has 112 valence electrons. The van der Waals surface area contributed by atoms with E-state index in [1.54, 1.807) is 6.07 Å². The lowest BCUT2D eigenvalue weighted by Crippen LogP contribution is -2.16. The maximum atomic E-state index is 11.7. The fraction of sp³-hybridized carbons (Fsp3) is 0.429. The molecule has 1 heterocycles. The SMILES string of the molecule is CCCC(=O)N=c1sc2cc([N+](=O)[O-])ccc2n1CCC. The van der Waals surface area contributed by atoms with Crippen LogP contribution in [-0.2, 0) is 11.3 Å². The Morgan fingerprint density at radius 2 is 2.14 bits per heavy atom. The van der Waals surface area contributed by atoms with E-state index >= 15 is 0 Å².